The Labute approximate surface area is 112 Å². The molecule has 0 heterocycles. The molecular formula is C14H20N2O3. The molecule has 1 aliphatic carbocycles. The third-order valence-electron chi connectivity index (χ3n) is 3.73. The van der Waals surface area contributed by atoms with Gasteiger partial charge in [-0.3, -0.25) is 0 Å². The molecule has 0 saturated heterocycles. The molecule has 0 unspecified atom stereocenters. The van der Waals surface area contributed by atoms with E-state index in [1.807, 2.05) is 0 Å². The third-order valence-corrected chi connectivity index (χ3v) is 3.73. The number of benzene rings is 1. The second-order valence-electron chi connectivity index (χ2n) is 5.37. The molecule has 0 spiro atoms. The molecule has 2 rings (SSSR count). The summed E-state index contributed by atoms with van der Waals surface area (Å²) in [7, 11) is 1.80. The SMILES string of the molecule is CN(CC1(O)CCCC1)c1ccc(N)cc1C(=O)O. The monoisotopic (exact) mass is 264 g/mol. The summed E-state index contributed by atoms with van der Waals surface area (Å²) in [6.07, 6.45) is 3.60. The number of rotatable bonds is 4. The maximum absolute atomic E-state index is 11.3. The molecule has 0 atom stereocenters. The Bertz CT molecular complexity index is 482. The van der Waals surface area contributed by atoms with E-state index in [2.05, 4.69) is 0 Å². The van der Waals surface area contributed by atoms with Crippen LogP contribution in [0.25, 0.3) is 0 Å². The van der Waals surface area contributed by atoms with Gasteiger partial charge in [0.2, 0.25) is 0 Å². The van der Waals surface area contributed by atoms with Gasteiger partial charge in [-0.1, -0.05) is 12.8 Å². The largest absolute Gasteiger partial charge is 0.478 e. The van der Waals surface area contributed by atoms with E-state index in [-0.39, 0.29) is 5.56 Å². The van der Waals surface area contributed by atoms with Gasteiger partial charge >= 0.3 is 5.97 Å². The zero-order valence-electron chi connectivity index (χ0n) is 11.1. The predicted octanol–water partition coefficient (Wildman–Crippen LogP) is 1.71. The predicted molar refractivity (Wildman–Crippen MR) is 74.5 cm³/mol. The first-order valence-corrected chi connectivity index (χ1v) is 6.48. The fourth-order valence-electron chi connectivity index (χ4n) is 2.78. The van der Waals surface area contributed by atoms with E-state index in [0.29, 0.717) is 17.9 Å². The molecule has 1 aromatic rings. The second-order valence-corrected chi connectivity index (χ2v) is 5.37. The van der Waals surface area contributed by atoms with Gasteiger partial charge in [-0.05, 0) is 31.0 Å². The second kappa shape index (κ2) is 5.09. The van der Waals surface area contributed by atoms with Crippen molar-refractivity contribution >= 4 is 17.3 Å². The topological polar surface area (TPSA) is 86.8 Å². The number of likely N-dealkylation sites (N-methyl/N-ethyl adjacent to an activating group) is 1. The van der Waals surface area contributed by atoms with Crippen LogP contribution in [0.5, 0.6) is 0 Å². The van der Waals surface area contributed by atoms with Gasteiger partial charge in [0.1, 0.15) is 0 Å². The van der Waals surface area contributed by atoms with Crippen molar-refractivity contribution in [2.75, 3.05) is 24.2 Å². The molecule has 1 aliphatic rings. The van der Waals surface area contributed by atoms with E-state index in [4.69, 9.17) is 5.73 Å². The Morgan fingerprint density at radius 3 is 2.63 bits per heavy atom. The van der Waals surface area contributed by atoms with Crippen LogP contribution in [0, 0.1) is 0 Å². The van der Waals surface area contributed by atoms with Gasteiger partial charge in [-0.25, -0.2) is 4.79 Å². The summed E-state index contributed by atoms with van der Waals surface area (Å²) >= 11 is 0. The van der Waals surface area contributed by atoms with Crippen molar-refractivity contribution in [2.24, 2.45) is 0 Å². The lowest BCUT2D eigenvalue weighted by molar-refractivity contribution is 0.0555. The third kappa shape index (κ3) is 2.98. The molecule has 0 amide bonds. The molecule has 104 valence electrons. The molecular weight excluding hydrogens is 244 g/mol. The smallest absolute Gasteiger partial charge is 0.337 e. The molecule has 4 N–H and O–H groups in total. The Kier molecular flexibility index (Phi) is 3.66. The lowest BCUT2D eigenvalue weighted by Crippen LogP contribution is -2.39. The number of nitrogen functional groups attached to an aromatic ring is 1. The Balaban J connectivity index is 2.23. The van der Waals surface area contributed by atoms with Crippen LogP contribution in [-0.4, -0.2) is 35.4 Å². The van der Waals surface area contributed by atoms with Crippen LogP contribution in [-0.2, 0) is 0 Å². The summed E-state index contributed by atoms with van der Waals surface area (Å²) in [4.78, 5) is 13.1. The Morgan fingerprint density at radius 2 is 2.05 bits per heavy atom. The normalized spacial score (nSPS) is 17.4. The average molecular weight is 264 g/mol. The first-order chi connectivity index (χ1) is 8.91. The number of carbonyl (C=O) groups is 1. The number of hydrogen-bond acceptors (Lipinski definition) is 4. The highest BCUT2D eigenvalue weighted by Gasteiger charge is 2.33. The van der Waals surface area contributed by atoms with Crippen LogP contribution in [0.2, 0.25) is 0 Å². The van der Waals surface area contributed by atoms with Gasteiger partial charge in [-0.15, -0.1) is 0 Å². The van der Waals surface area contributed by atoms with E-state index in [1.54, 1.807) is 24.1 Å². The molecule has 1 aromatic carbocycles. The highest BCUT2D eigenvalue weighted by Crippen LogP contribution is 2.32. The molecule has 0 aliphatic heterocycles. The highest BCUT2D eigenvalue weighted by atomic mass is 16.4. The van der Waals surface area contributed by atoms with Crippen molar-refractivity contribution in [3.05, 3.63) is 23.8 Å². The number of hydrogen-bond donors (Lipinski definition) is 3. The zero-order chi connectivity index (χ0) is 14.0. The van der Waals surface area contributed by atoms with Crippen LogP contribution >= 0.6 is 0 Å². The number of nitrogens with two attached hydrogens (primary N) is 1. The van der Waals surface area contributed by atoms with Crippen LogP contribution in [0.3, 0.4) is 0 Å². The van der Waals surface area contributed by atoms with Crippen LogP contribution in [0.1, 0.15) is 36.0 Å². The maximum Gasteiger partial charge on any atom is 0.337 e. The summed E-state index contributed by atoms with van der Waals surface area (Å²) in [6.45, 7) is 0.442. The van der Waals surface area contributed by atoms with E-state index < -0.39 is 11.6 Å². The lowest BCUT2D eigenvalue weighted by atomic mass is 10.0. The number of anilines is 2. The van der Waals surface area contributed by atoms with E-state index >= 15 is 0 Å². The minimum absolute atomic E-state index is 0.170. The van der Waals surface area contributed by atoms with Gasteiger partial charge in [0.15, 0.2) is 0 Å². The van der Waals surface area contributed by atoms with E-state index in [9.17, 15) is 15.0 Å². The van der Waals surface area contributed by atoms with Crippen LogP contribution in [0.15, 0.2) is 18.2 Å². The number of carboxylic acid groups (broad SMARTS) is 1. The number of nitrogens with zero attached hydrogens (tertiary/aromatic N) is 1. The van der Waals surface area contributed by atoms with Gasteiger partial charge in [0.25, 0.3) is 0 Å². The summed E-state index contributed by atoms with van der Waals surface area (Å²) < 4.78 is 0. The van der Waals surface area contributed by atoms with Crippen molar-refractivity contribution < 1.29 is 15.0 Å². The van der Waals surface area contributed by atoms with Crippen molar-refractivity contribution in [1.82, 2.24) is 0 Å². The summed E-state index contributed by atoms with van der Waals surface area (Å²) in [5, 5.41) is 19.6. The molecule has 0 radical (unpaired) electrons. The van der Waals surface area contributed by atoms with Crippen LogP contribution < -0.4 is 10.6 Å². The number of aliphatic hydroxyl groups is 1. The van der Waals surface area contributed by atoms with Gasteiger partial charge in [0.05, 0.1) is 16.9 Å². The number of aromatic carboxylic acids is 1. The van der Waals surface area contributed by atoms with Gasteiger partial charge < -0.3 is 20.8 Å². The fraction of sp³-hybridized carbons (Fsp3) is 0.500. The minimum Gasteiger partial charge on any atom is -0.478 e. The first kappa shape index (κ1) is 13.7. The number of carboxylic acids is 1. The quantitative estimate of drug-likeness (QED) is 0.721. The lowest BCUT2D eigenvalue weighted by Gasteiger charge is -2.30. The van der Waals surface area contributed by atoms with Crippen molar-refractivity contribution in [3.63, 3.8) is 0 Å². The van der Waals surface area contributed by atoms with E-state index in [1.165, 1.54) is 6.07 Å². The van der Waals surface area contributed by atoms with Gasteiger partial charge in [-0.2, -0.15) is 0 Å². The molecule has 0 aromatic heterocycles. The molecule has 0 bridgehead atoms. The van der Waals surface area contributed by atoms with Crippen molar-refractivity contribution in [2.45, 2.75) is 31.3 Å². The summed E-state index contributed by atoms with van der Waals surface area (Å²) in [5.41, 5.74) is 6.10. The van der Waals surface area contributed by atoms with Crippen molar-refractivity contribution in [1.29, 1.82) is 0 Å². The van der Waals surface area contributed by atoms with E-state index in [0.717, 1.165) is 25.7 Å². The average Bonchev–Trinajstić information content (AvgIpc) is 2.75. The molecule has 5 nitrogen and oxygen atoms in total. The molecule has 1 saturated carbocycles. The summed E-state index contributed by atoms with van der Waals surface area (Å²) in [5.74, 6) is -1.01. The maximum atomic E-state index is 11.3. The van der Waals surface area contributed by atoms with Gasteiger partial charge in [0, 0.05) is 19.3 Å². The fourth-order valence-corrected chi connectivity index (χ4v) is 2.78. The standard InChI is InChI=1S/C14H20N2O3/c1-16(9-14(19)6-2-3-7-14)12-5-4-10(15)8-11(12)13(17)18/h4-5,8,19H,2-3,6-7,9,15H2,1H3,(H,17,18). The Hall–Kier alpha value is -1.75. The minimum atomic E-state index is -1.01. The van der Waals surface area contributed by atoms with Crippen LogP contribution in [0.4, 0.5) is 11.4 Å². The molecule has 19 heavy (non-hydrogen) atoms. The molecule has 5 heteroatoms. The zero-order valence-corrected chi connectivity index (χ0v) is 11.1. The highest BCUT2D eigenvalue weighted by molar-refractivity contribution is 5.95. The summed E-state index contributed by atoms with van der Waals surface area (Å²) in [6, 6.07) is 4.82. The molecule has 1 fully saturated rings. The Morgan fingerprint density at radius 1 is 1.42 bits per heavy atom. The van der Waals surface area contributed by atoms with Crippen molar-refractivity contribution in [3.8, 4) is 0 Å². The first-order valence-electron chi connectivity index (χ1n) is 6.48.